The Morgan fingerprint density at radius 2 is 2.12 bits per heavy atom. The van der Waals surface area contributed by atoms with Crippen molar-refractivity contribution >= 4 is 6.03 Å². The Bertz CT molecular complexity index is 677. The molecule has 1 aliphatic heterocycles. The summed E-state index contributed by atoms with van der Waals surface area (Å²) in [6.45, 7) is 2.74. The molecule has 24 heavy (non-hydrogen) atoms. The third kappa shape index (κ3) is 4.20. The summed E-state index contributed by atoms with van der Waals surface area (Å²) in [7, 11) is 0. The second-order valence-electron chi connectivity index (χ2n) is 5.43. The molecule has 0 saturated carbocycles. The normalized spacial score (nSPS) is 15.6. The number of benzene rings is 1. The second kappa shape index (κ2) is 7.74. The van der Waals surface area contributed by atoms with Gasteiger partial charge < -0.3 is 15.0 Å². The van der Waals surface area contributed by atoms with Gasteiger partial charge in [0, 0.05) is 37.9 Å². The number of hydrogen-bond acceptors (Lipinski definition) is 4. The Morgan fingerprint density at radius 3 is 2.83 bits per heavy atom. The number of aromatic nitrogens is 1. The Balaban J connectivity index is 1.77. The van der Waals surface area contributed by atoms with Crippen molar-refractivity contribution in [3.05, 3.63) is 60.2 Å². The zero-order chi connectivity index (χ0) is 16.8. The van der Waals surface area contributed by atoms with Crippen LogP contribution in [0, 0.1) is 5.82 Å². The lowest BCUT2D eigenvalue weighted by Crippen LogP contribution is -2.51. The number of ether oxygens (including phenoxy) is 1. The van der Waals surface area contributed by atoms with E-state index in [-0.39, 0.29) is 11.8 Å². The number of amides is 2. The number of nitrogens with one attached hydrogen (secondary N) is 2. The number of hydrogen-bond donors (Lipinski definition) is 2. The first kappa shape index (κ1) is 16.2. The third-order valence-electron chi connectivity index (χ3n) is 3.70. The maximum atomic E-state index is 13.6. The van der Waals surface area contributed by atoms with Crippen molar-refractivity contribution < 1.29 is 13.9 Å². The van der Waals surface area contributed by atoms with Gasteiger partial charge in [-0.2, -0.15) is 0 Å². The molecule has 2 amide bonds. The summed E-state index contributed by atoms with van der Waals surface area (Å²) >= 11 is 0. The fourth-order valence-electron chi connectivity index (χ4n) is 2.47. The van der Waals surface area contributed by atoms with Crippen LogP contribution >= 0.6 is 0 Å². The topological polar surface area (TPSA) is 66.5 Å². The van der Waals surface area contributed by atoms with E-state index in [2.05, 4.69) is 15.6 Å². The first-order valence-electron chi connectivity index (χ1n) is 7.81. The van der Waals surface area contributed by atoms with E-state index >= 15 is 0 Å². The first-order chi connectivity index (χ1) is 11.7. The van der Waals surface area contributed by atoms with E-state index in [0.717, 1.165) is 13.1 Å². The summed E-state index contributed by atoms with van der Waals surface area (Å²) in [6, 6.07) is 9.21. The van der Waals surface area contributed by atoms with Gasteiger partial charge in [-0.05, 0) is 24.3 Å². The molecule has 1 atom stereocenters. The molecule has 0 radical (unpaired) electrons. The smallest absolute Gasteiger partial charge is 0.320 e. The third-order valence-corrected chi connectivity index (χ3v) is 3.70. The molecule has 2 heterocycles. The molecule has 0 spiro atoms. The minimum Gasteiger partial charge on any atom is -0.465 e. The lowest BCUT2D eigenvalue weighted by Gasteiger charge is -2.30. The van der Waals surface area contributed by atoms with Gasteiger partial charge in [0.15, 0.2) is 6.23 Å². The largest absolute Gasteiger partial charge is 0.465 e. The number of halogens is 1. The second-order valence-corrected chi connectivity index (χ2v) is 5.43. The predicted octanol–water partition coefficient (Wildman–Crippen LogP) is 1.91. The van der Waals surface area contributed by atoms with E-state index in [9.17, 15) is 9.18 Å². The van der Waals surface area contributed by atoms with Crippen LogP contribution in [0.15, 0.2) is 48.8 Å². The van der Waals surface area contributed by atoms with Crippen LogP contribution in [0.1, 0.15) is 11.8 Å². The van der Waals surface area contributed by atoms with Gasteiger partial charge in [0.2, 0.25) is 0 Å². The zero-order valence-electron chi connectivity index (χ0n) is 13.1. The van der Waals surface area contributed by atoms with Crippen LogP contribution in [0.3, 0.4) is 0 Å². The number of urea groups is 1. The molecular weight excluding hydrogens is 311 g/mol. The molecule has 1 fully saturated rings. The number of carbonyl (C=O) groups is 1. The Morgan fingerprint density at radius 1 is 1.29 bits per heavy atom. The van der Waals surface area contributed by atoms with Crippen molar-refractivity contribution in [3.8, 4) is 5.75 Å². The monoisotopic (exact) mass is 330 g/mol. The summed E-state index contributed by atoms with van der Waals surface area (Å²) in [4.78, 5) is 18.1. The van der Waals surface area contributed by atoms with Crippen LogP contribution in [-0.2, 0) is 0 Å². The van der Waals surface area contributed by atoms with E-state index in [4.69, 9.17) is 4.74 Å². The molecule has 1 saturated heterocycles. The summed E-state index contributed by atoms with van der Waals surface area (Å²) in [5, 5.41) is 6.01. The molecule has 2 N–H and O–H groups in total. The van der Waals surface area contributed by atoms with Crippen LogP contribution < -0.4 is 15.4 Å². The van der Waals surface area contributed by atoms with E-state index in [1.54, 1.807) is 41.6 Å². The maximum absolute atomic E-state index is 13.6. The average molecular weight is 330 g/mol. The molecule has 3 rings (SSSR count). The molecule has 6 nitrogen and oxygen atoms in total. The Labute approximate surface area is 139 Å². The van der Waals surface area contributed by atoms with Crippen LogP contribution in [0.2, 0.25) is 0 Å². The van der Waals surface area contributed by atoms with Crippen LogP contribution in [0.4, 0.5) is 9.18 Å². The maximum Gasteiger partial charge on any atom is 0.320 e. The summed E-state index contributed by atoms with van der Waals surface area (Å²) in [6.07, 6.45) is 2.37. The molecule has 1 aromatic carbocycles. The molecule has 126 valence electrons. The van der Waals surface area contributed by atoms with Crippen LogP contribution in [-0.4, -0.2) is 42.1 Å². The minimum absolute atomic E-state index is 0.241. The summed E-state index contributed by atoms with van der Waals surface area (Å²) in [5.74, 6) is 0.107. The molecule has 1 unspecified atom stereocenters. The predicted molar refractivity (Wildman–Crippen MR) is 87.0 cm³/mol. The molecule has 0 bridgehead atoms. The lowest BCUT2D eigenvalue weighted by atomic mass is 10.2. The zero-order valence-corrected chi connectivity index (χ0v) is 13.1. The van der Waals surface area contributed by atoms with Gasteiger partial charge in [0.25, 0.3) is 0 Å². The standard InChI is InChI=1S/C17H19FN4O2/c18-14-4-1-3-13(11-14)16(24-15-5-2-6-20-12-15)21-17(23)22-9-7-19-8-10-22/h1-6,11-12,16,19H,7-10H2,(H,21,23). The van der Waals surface area contributed by atoms with Crippen molar-refractivity contribution in [1.29, 1.82) is 0 Å². The van der Waals surface area contributed by atoms with E-state index in [0.29, 0.717) is 24.4 Å². The molecule has 1 aromatic heterocycles. The summed E-state index contributed by atoms with van der Waals surface area (Å²) < 4.78 is 19.4. The molecule has 2 aromatic rings. The van der Waals surface area contributed by atoms with Gasteiger partial charge in [-0.1, -0.05) is 12.1 Å². The quantitative estimate of drug-likeness (QED) is 0.841. The van der Waals surface area contributed by atoms with Gasteiger partial charge in [-0.3, -0.25) is 10.3 Å². The minimum atomic E-state index is -0.799. The first-order valence-corrected chi connectivity index (χ1v) is 7.81. The van der Waals surface area contributed by atoms with Gasteiger partial charge in [0.1, 0.15) is 11.6 Å². The average Bonchev–Trinajstić information content (AvgIpc) is 2.63. The van der Waals surface area contributed by atoms with Crippen molar-refractivity contribution in [2.75, 3.05) is 26.2 Å². The Kier molecular flexibility index (Phi) is 5.22. The van der Waals surface area contributed by atoms with Crippen LogP contribution in [0.25, 0.3) is 0 Å². The van der Waals surface area contributed by atoms with Gasteiger partial charge in [-0.25, -0.2) is 9.18 Å². The highest BCUT2D eigenvalue weighted by Crippen LogP contribution is 2.20. The van der Waals surface area contributed by atoms with Crippen molar-refractivity contribution in [2.45, 2.75) is 6.23 Å². The van der Waals surface area contributed by atoms with Crippen molar-refractivity contribution in [3.63, 3.8) is 0 Å². The van der Waals surface area contributed by atoms with Crippen molar-refractivity contribution in [1.82, 2.24) is 20.5 Å². The molecule has 1 aliphatic rings. The van der Waals surface area contributed by atoms with Crippen LogP contribution in [0.5, 0.6) is 5.75 Å². The highest BCUT2D eigenvalue weighted by Gasteiger charge is 2.22. The summed E-state index contributed by atoms with van der Waals surface area (Å²) in [5.41, 5.74) is 0.530. The van der Waals surface area contributed by atoms with Gasteiger partial charge in [0.05, 0.1) is 6.20 Å². The SMILES string of the molecule is O=C(NC(Oc1cccnc1)c1cccc(F)c1)N1CCNCC1. The lowest BCUT2D eigenvalue weighted by molar-refractivity contribution is 0.139. The number of carbonyl (C=O) groups excluding carboxylic acids is 1. The molecule has 7 heteroatoms. The van der Waals surface area contributed by atoms with Gasteiger partial charge in [-0.15, -0.1) is 0 Å². The molecular formula is C17H19FN4O2. The number of piperazine rings is 1. The Hall–Kier alpha value is -2.67. The number of pyridine rings is 1. The highest BCUT2D eigenvalue weighted by atomic mass is 19.1. The van der Waals surface area contributed by atoms with E-state index < -0.39 is 6.23 Å². The fraction of sp³-hybridized carbons (Fsp3) is 0.294. The number of nitrogens with zero attached hydrogens (tertiary/aromatic N) is 2. The van der Waals surface area contributed by atoms with E-state index in [1.165, 1.54) is 12.1 Å². The van der Waals surface area contributed by atoms with Crippen molar-refractivity contribution in [2.24, 2.45) is 0 Å². The fourth-order valence-corrected chi connectivity index (χ4v) is 2.47. The number of rotatable bonds is 4. The molecule has 0 aliphatic carbocycles. The van der Waals surface area contributed by atoms with E-state index in [1.807, 2.05) is 0 Å². The highest BCUT2D eigenvalue weighted by molar-refractivity contribution is 5.74. The van der Waals surface area contributed by atoms with Gasteiger partial charge >= 0.3 is 6.03 Å².